The summed E-state index contributed by atoms with van der Waals surface area (Å²) in [4.78, 5) is 4.61. The van der Waals surface area contributed by atoms with Crippen LogP contribution in [0.15, 0.2) is 6.20 Å². The van der Waals surface area contributed by atoms with Gasteiger partial charge in [-0.1, -0.05) is 39.0 Å². The first-order chi connectivity index (χ1) is 10.1. The molecule has 3 nitrogen and oxygen atoms in total. The quantitative estimate of drug-likeness (QED) is 0.656. The number of aromatic nitrogens is 1. The molecule has 0 amide bonds. The first-order valence-corrected chi connectivity index (χ1v) is 8.30. The second kappa shape index (κ2) is 9.78. The van der Waals surface area contributed by atoms with E-state index in [2.05, 4.69) is 31.2 Å². The highest BCUT2D eigenvalue weighted by Crippen LogP contribution is 2.25. The van der Waals surface area contributed by atoms with E-state index >= 15 is 0 Å². The lowest BCUT2D eigenvalue weighted by Crippen LogP contribution is -2.28. The molecule has 1 rings (SSSR count). The first-order valence-electron chi connectivity index (χ1n) is 8.30. The molecule has 3 heteroatoms. The molecule has 1 N–H and O–H groups in total. The first kappa shape index (κ1) is 18.0. The van der Waals surface area contributed by atoms with Gasteiger partial charge in [0.15, 0.2) is 0 Å². The molecule has 1 heterocycles. The van der Waals surface area contributed by atoms with E-state index < -0.39 is 0 Å². The maximum Gasteiger partial charge on any atom is 0.128 e. The lowest BCUT2D eigenvalue weighted by Gasteiger charge is -2.18. The third-order valence-corrected chi connectivity index (χ3v) is 4.25. The zero-order chi connectivity index (χ0) is 15.7. The van der Waals surface area contributed by atoms with Crippen molar-refractivity contribution in [2.75, 3.05) is 14.2 Å². The standard InChI is InChI=1S/C18H32N2O/c1-6-7-8-9-10-11-16(19-4)12-17-15(3)18(21-5)14(2)13-20-17/h13,16,19H,6-12H2,1-5H3. The molecule has 1 aromatic heterocycles. The van der Waals surface area contributed by atoms with Crippen molar-refractivity contribution in [2.24, 2.45) is 0 Å². The molecule has 1 unspecified atom stereocenters. The summed E-state index contributed by atoms with van der Waals surface area (Å²) in [5.74, 6) is 0.984. The van der Waals surface area contributed by atoms with E-state index in [9.17, 15) is 0 Å². The molecule has 0 aliphatic carbocycles. The van der Waals surface area contributed by atoms with Crippen molar-refractivity contribution in [1.82, 2.24) is 10.3 Å². The fraction of sp³-hybridized carbons (Fsp3) is 0.722. The van der Waals surface area contributed by atoms with Crippen LogP contribution in [0, 0.1) is 13.8 Å². The van der Waals surface area contributed by atoms with E-state index in [0.717, 1.165) is 23.4 Å². The third kappa shape index (κ3) is 5.66. The molecule has 0 aromatic carbocycles. The molecule has 1 aromatic rings. The third-order valence-electron chi connectivity index (χ3n) is 4.25. The van der Waals surface area contributed by atoms with Crippen molar-refractivity contribution < 1.29 is 4.74 Å². The zero-order valence-electron chi connectivity index (χ0n) is 14.5. The van der Waals surface area contributed by atoms with Crippen molar-refractivity contribution in [3.05, 3.63) is 23.0 Å². The smallest absolute Gasteiger partial charge is 0.128 e. The summed E-state index contributed by atoms with van der Waals surface area (Å²) in [6.45, 7) is 6.42. The van der Waals surface area contributed by atoms with Gasteiger partial charge in [0.1, 0.15) is 5.75 Å². The number of hydrogen-bond donors (Lipinski definition) is 1. The molecular weight excluding hydrogens is 260 g/mol. The normalized spacial score (nSPS) is 12.4. The largest absolute Gasteiger partial charge is 0.496 e. The molecule has 120 valence electrons. The fourth-order valence-corrected chi connectivity index (χ4v) is 2.85. The van der Waals surface area contributed by atoms with Crippen LogP contribution in [-0.4, -0.2) is 25.2 Å². The second-order valence-electron chi connectivity index (χ2n) is 5.94. The van der Waals surface area contributed by atoms with Gasteiger partial charge >= 0.3 is 0 Å². The van der Waals surface area contributed by atoms with Crippen LogP contribution in [-0.2, 0) is 6.42 Å². The van der Waals surface area contributed by atoms with Crippen molar-refractivity contribution >= 4 is 0 Å². The van der Waals surface area contributed by atoms with E-state index in [1.807, 2.05) is 13.1 Å². The summed E-state index contributed by atoms with van der Waals surface area (Å²) in [6, 6.07) is 0.505. The Hall–Kier alpha value is -1.09. The topological polar surface area (TPSA) is 34.1 Å². The number of aryl methyl sites for hydroxylation is 1. The van der Waals surface area contributed by atoms with Gasteiger partial charge in [0.2, 0.25) is 0 Å². The van der Waals surface area contributed by atoms with Gasteiger partial charge in [0, 0.05) is 35.5 Å². The molecule has 1 atom stereocenters. The maximum atomic E-state index is 5.50. The van der Waals surface area contributed by atoms with Crippen LogP contribution in [0.5, 0.6) is 5.75 Å². The molecule has 0 aliphatic rings. The van der Waals surface area contributed by atoms with Gasteiger partial charge in [-0.2, -0.15) is 0 Å². The molecular formula is C18H32N2O. The minimum absolute atomic E-state index is 0.505. The minimum Gasteiger partial charge on any atom is -0.496 e. The summed E-state index contributed by atoms with van der Waals surface area (Å²) in [6.07, 6.45) is 10.8. The van der Waals surface area contributed by atoms with Gasteiger partial charge in [-0.15, -0.1) is 0 Å². The summed E-state index contributed by atoms with van der Waals surface area (Å²) in [5, 5.41) is 3.44. The molecule has 0 aliphatic heterocycles. The van der Waals surface area contributed by atoms with Crippen molar-refractivity contribution in [1.29, 1.82) is 0 Å². The monoisotopic (exact) mass is 292 g/mol. The number of rotatable bonds is 10. The Bertz CT molecular complexity index is 418. The molecule has 0 saturated carbocycles. The predicted molar refractivity (Wildman–Crippen MR) is 90.2 cm³/mol. The molecule has 0 radical (unpaired) electrons. The van der Waals surface area contributed by atoms with Crippen LogP contribution < -0.4 is 10.1 Å². The van der Waals surface area contributed by atoms with Crippen LogP contribution in [0.25, 0.3) is 0 Å². The van der Waals surface area contributed by atoms with Gasteiger partial charge < -0.3 is 10.1 Å². The summed E-state index contributed by atoms with van der Waals surface area (Å²) in [5.41, 5.74) is 3.45. The number of nitrogens with one attached hydrogen (secondary N) is 1. The van der Waals surface area contributed by atoms with Crippen LogP contribution >= 0.6 is 0 Å². The van der Waals surface area contributed by atoms with E-state index in [0.29, 0.717) is 6.04 Å². The Balaban J connectivity index is 2.57. The molecule has 0 bridgehead atoms. The second-order valence-corrected chi connectivity index (χ2v) is 5.94. The number of pyridine rings is 1. The molecule has 21 heavy (non-hydrogen) atoms. The molecule has 0 saturated heterocycles. The SMILES string of the molecule is CCCCCCCC(Cc1ncc(C)c(OC)c1C)NC. The van der Waals surface area contributed by atoms with Crippen molar-refractivity contribution in [3.63, 3.8) is 0 Å². The average molecular weight is 292 g/mol. The number of methoxy groups -OCH3 is 1. The van der Waals surface area contributed by atoms with Gasteiger partial charge in [0.25, 0.3) is 0 Å². The van der Waals surface area contributed by atoms with Crippen molar-refractivity contribution in [2.45, 2.75) is 71.8 Å². The van der Waals surface area contributed by atoms with E-state index in [4.69, 9.17) is 4.74 Å². The number of unbranched alkanes of at least 4 members (excludes halogenated alkanes) is 4. The van der Waals surface area contributed by atoms with E-state index in [-0.39, 0.29) is 0 Å². The molecule has 0 fully saturated rings. The lowest BCUT2D eigenvalue weighted by atomic mass is 9.99. The number of likely N-dealkylation sites (N-methyl/N-ethyl adjacent to an activating group) is 1. The Kier molecular flexibility index (Phi) is 8.36. The number of ether oxygens (including phenoxy) is 1. The minimum atomic E-state index is 0.505. The Morgan fingerprint density at radius 1 is 1.19 bits per heavy atom. The van der Waals surface area contributed by atoms with Gasteiger partial charge in [-0.05, 0) is 27.3 Å². The van der Waals surface area contributed by atoms with Crippen LogP contribution in [0.4, 0.5) is 0 Å². The lowest BCUT2D eigenvalue weighted by molar-refractivity contribution is 0.405. The summed E-state index contributed by atoms with van der Waals surface area (Å²) < 4.78 is 5.50. The highest BCUT2D eigenvalue weighted by atomic mass is 16.5. The van der Waals surface area contributed by atoms with Gasteiger partial charge in [-0.25, -0.2) is 0 Å². The zero-order valence-corrected chi connectivity index (χ0v) is 14.5. The van der Waals surface area contributed by atoms with Crippen molar-refractivity contribution in [3.8, 4) is 5.75 Å². The Labute approximate surface area is 130 Å². The summed E-state index contributed by atoms with van der Waals surface area (Å²) >= 11 is 0. The highest BCUT2D eigenvalue weighted by Gasteiger charge is 2.14. The molecule has 0 spiro atoms. The Morgan fingerprint density at radius 2 is 1.90 bits per heavy atom. The Morgan fingerprint density at radius 3 is 2.52 bits per heavy atom. The van der Waals surface area contributed by atoms with Gasteiger partial charge in [-0.3, -0.25) is 4.98 Å². The van der Waals surface area contributed by atoms with E-state index in [1.54, 1.807) is 7.11 Å². The maximum absolute atomic E-state index is 5.50. The van der Waals surface area contributed by atoms with Crippen LogP contribution in [0.1, 0.15) is 62.3 Å². The van der Waals surface area contributed by atoms with E-state index in [1.165, 1.54) is 44.1 Å². The number of hydrogen-bond acceptors (Lipinski definition) is 3. The van der Waals surface area contributed by atoms with Gasteiger partial charge in [0.05, 0.1) is 7.11 Å². The van der Waals surface area contributed by atoms with Crippen LogP contribution in [0.2, 0.25) is 0 Å². The predicted octanol–water partition coefficient (Wildman–Crippen LogP) is 4.20. The number of nitrogens with zero attached hydrogens (tertiary/aromatic N) is 1. The highest BCUT2D eigenvalue weighted by molar-refractivity contribution is 5.41. The summed E-state index contributed by atoms with van der Waals surface area (Å²) in [7, 11) is 3.79. The van der Waals surface area contributed by atoms with Crippen LogP contribution in [0.3, 0.4) is 0 Å². The average Bonchev–Trinajstić information content (AvgIpc) is 2.48. The fourth-order valence-electron chi connectivity index (χ4n) is 2.85.